The van der Waals surface area contributed by atoms with Crippen LogP contribution >= 0.6 is 0 Å². The van der Waals surface area contributed by atoms with Gasteiger partial charge in [-0.1, -0.05) is 19.0 Å². The van der Waals surface area contributed by atoms with E-state index in [1.165, 1.54) is 0 Å². The van der Waals surface area contributed by atoms with E-state index in [0.29, 0.717) is 5.92 Å². The second-order valence-corrected chi connectivity index (χ2v) is 3.07. The Morgan fingerprint density at radius 1 is 1.30 bits per heavy atom. The Hall–Kier alpha value is -0.530. The summed E-state index contributed by atoms with van der Waals surface area (Å²) < 4.78 is 0. The summed E-state index contributed by atoms with van der Waals surface area (Å²) in [5, 5.41) is 3.79. The molecule has 0 aliphatic rings. The Bertz CT molecular complexity index is 85.4. The van der Waals surface area contributed by atoms with Crippen LogP contribution in [-0.2, 0) is 4.84 Å². The fraction of sp³-hybridized carbons (Fsp3) is 0.875. The monoisotopic (exact) mass is 143 g/mol. The number of hydrogen-bond donors (Lipinski definition) is 0. The minimum Gasteiger partial charge on any atom is -0.393 e. The minimum atomic E-state index is 0.198. The van der Waals surface area contributed by atoms with Crippen molar-refractivity contribution < 1.29 is 4.84 Å². The molecule has 0 saturated heterocycles. The lowest BCUT2D eigenvalue weighted by molar-refractivity contribution is 0.0866. The average Bonchev–Trinajstić information content (AvgIpc) is 1.79. The SMILES string of the molecule is CC(C)CC=NOC(C)C. The van der Waals surface area contributed by atoms with Crippen LogP contribution in [0.4, 0.5) is 0 Å². The van der Waals surface area contributed by atoms with Crippen LogP contribution < -0.4 is 0 Å². The summed E-state index contributed by atoms with van der Waals surface area (Å²) in [6, 6.07) is 0. The van der Waals surface area contributed by atoms with Crippen LogP contribution in [0.1, 0.15) is 34.1 Å². The summed E-state index contributed by atoms with van der Waals surface area (Å²) in [5.41, 5.74) is 0. The minimum absolute atomic E-state index is 0.198. The second-order valence-electron chi connectivity index (χ2n) is 3.07. The maximum absolute atomic E-state index is 4.96. The highest BCUT2D eigenvalue weighted by molar-refractivity contribution is 5.56. The van der Waals surface area contributed by atoms with Gasteiger partial charge in [-0.25, -0.2) is 0 Å². The topological polar surface area (TPSA) is 21.6 Å². The standard InChI is InChI=1S/C8H17NO/c1-7(2)5-6-9-10-8(3)4/h6-8H,5H2,1-4H3. The summed E-state index contributed by atoms with van der Waals surface area (Å²) in [6.45, 7) is 8.24. The molecule has 0 atom stereocenters. The molecule has 0 spiro atoms. The Morgan fingerprint density at radius 3 is 2.30 bits per heavy atom. The van der Waals surface area contributed by atoms with Gasteiger partial charge in [-0.3, -0.25) is 0 Å². The molecule has 0 saturated carbocycles. The summed E-state index contributed by atoms with van der Waals surface area (Å²) in [7, 11) is 0. The Morgan fingerprint density at radius 2 is 1.90 bits per heavy atom. The molecule has 0 radical (unpaired) electrons. The van der Waals surface area contributed by atoms with Crippen molar-refractivity contribution in [3.05, 3.63) is 0 Å². The van der Waals surface area contributed by atoms with Gasteiger partial charge in [0.15, 0.2) is 0 Å². The molecule has 0 aromatic carbocycles. The molecule has 0 amide bonds. The van der Waals surface area contributed by atoms with Crippen molar-refractivity contribution in [3.63, 3.8) is 0 Å². The largest absolute Gasteiger partial charge is 0.393 e. The van der Waals surface area contributed by atoms with Crippen LogP contribution in [0.3, 0.4) is 0 Å². The van der Waals surface area contributed by atoms with E-state index in [2.05, 4.69) is 19.0 Å². The predicted molar refractivity (Wildman–Crippen MR) is 44.2 cm³/mol. The Labute approximate surface area is 63.3 Å². The first kappa shape index (κ1) is 9.47. The molecule has 10 heavy (non-hydrogen) atoms. The van der Waals surface area contributed by atoms with E-state index in [0.717, 1.165) is 6.42 Å². The highest BCUT2D eigenvalue weighted by Gasteiger charge is 1.89. The van der Waals surface area contributed by atoms with Gasteiger partial charge in [0.2, 0.25) is 0 Å². The molecule has 0 heterocycles. The van der Waals surface area contributed by atoms with Gasteiger partial charge in [0.05, 0.1) is 0 Å². The van der Waals surface area contributed by atoms with E-state index in [4.69, 9.17) is 4.84 Å². The van der Waals surface area contributed by atoms with E-state index in [-0.39, 0.29) is 6.10 Å². The first-order valence-electron chi connectivity index (χ1n) is 3.80. The van der Waals surface area contributed by atoms with Crippen LogP contribution in [0.15, 0.2) is 5.16 Å². The summed E-state index contributed by atoms with van der Waals surface area (Å²) >= 11 is 0. The van der Waals surface area contributed by atoms with Gasteiger partial charge >= 0.3 is 0 Å². The van der Waals surface area contributed by atoms with Gasteiger partial charge < -0.3 is 4.84 Å². The van der Waals surface area contributed by atoms with Gasteiger partial charge in [0.25, 0.3) is 0 Å². The molecule has 2 nitrogen and oxygen atoms in total. The van der Waals surface area contributed by atoms with Crippen molar-refractivity contribution in [3.8, 4) is 0 Å². The molecule has 0 bridgehead atoms. The number of nitrogens with zero attached hydrogens (tertiary/aromatic N) is 1. The number of rotatable bonds is 4. The van der Waals surface area contributed by atoms with Gasteiger partial charge in [0, 0.05) is 6.21 Å². The fourth-order valence-corrected chi connectivity index (χ4v) is 0.419. The smallest absolute Gasteiger partial charge is 0.121 e. The quantitative estimate of drug-likeness (QED) is 0.437. The van der Waals surface area contributed by atoms with Crippen molar-refractivity contribution in [2.45, 2.75) is 40.2 Å². The van der Waals surface area contributed by atoms with E-state index < -0.39 is 0 Å². The van der Waals surface area contributed by atoms with Crippen molar-refractivity contribution in [2.24, 2.45) is 11.1 Å². The van der Waals surface area contributed by atoms with E-state index in [1.807, 2.05) is 20.1 Å². The molecule has 0 rings (SSSR count). The van der Waals surface area contributed by atoms with Crippen LogP contribution in [0.2, 0.25) is 0 Å². The number of oxime groups is 1. The molecule has 2 heteroatoms. The van der Waals surface area contributed by atoms with Crippen molar-refractivity contribution in [2.75, 3.05) is 0 Å². The highest BCUT2D eigenvalue weighted by atomic mass is 16.6. The molecule has 0 aromatic rings. The second kappa shape index (κ2) is 5.27. The third kappa shape index (κ3) is 7.47. The molecule has 0 fully saturated rings. The molecular formula is C8H17NO. The van der Waals surface area contributed by atoms with E-state index >= 15 is 0 Å². The van der Waals surface area contributed by atoms with Gasteiger partial charge in [0.1, 0.15) is 6.10 Å². The van der Waals surface area contributed by atoms with Gasteiger partial charge in [-0.15, -0.1) is 0 Å². The Kier molecular flexibility index (Phi) is 4.99. The molecule has 0 unspecified atom stereocenters. The zero-order chi connectivity index (χ0) is 7.98. The van der Waals surface area contributed by atoms with Crippen LogP contribution in [0, 0.1) is 5.92 Å². The zero-order valence-electron chi connectivity index (χ0n) is 7.29. The van der Waals surface area contributed by atoms with Crippen molar-refractivity contribution >= 4 is 6.21 Å². The lowest BCUT2D eigenvalue weighted by atomic mass is 10.2. The molecule has 0 aliphatic carbocycles. The lowest BCUT2D eigenvalue weighted by Gasteiger charge is -2.01. The zero-order valence-corrected chi connectivity index (χ0v) is 7.29. The molecule has 0 aliphatic heterocycles. The normalized spacial score (nSPS) is 11.8. The van der Waals surface area contributed by atoms with Crippen LogP contribution in [-0.4, -0.2) is 12.3 Å². The molecule has 60 valence electrons. The summed E-state index contributed by atoms with van der Waals surface area (Å²) in [5.74, 6) is 0.666. The predicted octanol–water partition coefficient (Wildman–Crippen LogP) is 2.44. The van der Waals surface area contributed by atoms with Gasteiger partial charge in [-0.05, 0) is 26.2 Å². The van der Waals surface area contributed by atoms with E-state index in [1.54, 1.807) is 0 Å². The Balaban J connectivity index is 3.20. The molecular weight excluding hydrogens is 126 g/mol. The average molecular weight is 143 g/mol. The number of hydrogen-bond acceptors (Lipinski definition) is 2. The van der Waals surface area contributed by atoms with E-state index in [9.17, 15) is 0 Å². The lowest BCUT2D eigenvalue weighted by Crippen LogP contribution is -1.96. The van der Waals surface area contributed by atoms with Crippen LogP contribution in [0.25, 0.3) is 0 Å². The fourth-order valence-electron chi connectivity index (χ4n) is 0.419. The van der Waals surface area contributed by atoms with Gasteiger partial charge in [-0.2, -0.15) is 0 Å². The summed E-state index contributed by atoms with van der Waals surface area (Å²) in [4.78, 5) is 4.96. The van der Waals surface area contributed by atoms with Crippen LogP contribution in [0.5, 0.6) is 0 Å². The third-order valence-electron chi connectivity index (χ3n) is 0.923. The highest BCUT2D eigenvalue weighted by Crippen LogP contribution is 1.95. The maximum atomic E-state index is 4.96. The van der Waals surface area contributed by atoms with Crippen molar-refractivity contribution in [1.82, 2.24) is 0 Å². The first-order valence-corrected chi connectivity index (χ1v) is 3.80. The molecule has 0 N–H and O–H groups in total. The first-order chi connectivity index (χ1) is 4.63. The van der Waals surface area contributed by atoms with Crippen molar-refractivity contribution in [1.29, 1.82) is 0 Å². The third-order valence-corrected chi connectivity index (χ3v) is 0.923. The summed E-state index contributed by atoms with van der Waals surface area (Å²) in [6.07, 6.45) is 3.01. The maximum Gasteiger partial charge on any atom is 0.121 e. The molecule has 0 aromatic heterocycles.